The van der Waals surface area contributed by atoms with Gasteiger partial charge in [0.05, 0.1) is 5.69 Å². The van der Waals surface area contributed by atoms with E-state index in [1.54, 1.807) is 0 Å². The van der Waals surface area contributed by atoms with Gasteiger partial charge in [0.2, 0.25) is 0 Å². The Morgan fingerprint density at radius 3 is 2.27 bits per heavy atom. The number of hydrogen-bond acceptors (Lipinski definition) is 3. The van der Waals surface area contributed by atoms with Crippen LogP contribution in [0.1, 0.15) is 24.2 Å². The maximum absolute atomic E-state index is 12.2. The molecule has 0 aliphatic heterocycles. The maximum atomic E-state index is 12.2. The fourth-order valence-corrected chi connectivity index (χ4v) is 1.48. The van der Waals surface area contributed by atoms with Crippen LogP contribution in [0.5, 0.6) is 0 Å². The van der Waals surface area contributed by atoms with Gasteiger partial charge in [-0.25, -0.2) is 0 Å². The predicted molar refractivity (Wildman–Crippen MR) is 47.0 cm³/mol. The summed E-state index contributed by atoms with van der Waals surface area (Å²) in [6.07, 6.45) is -2.67. The highest BCUT2D eigenvalue weighted by molar-refractivity contribution is 5.25. The number of nitrogens with two attached hydrogens (primary N) is 1. The van der Waals surface area contributed by atoms with E-state index in [2.05, 4.69) is 10.2 Å². The highest BCUT2D eigenvalue weighted by atomic mass is 19.4. The molecule has 15 heavy (non-hydrogen) atoms. The second kappa shape index (κ2) is 3.16. The second-order valence-electron chi connectivity index (χ2n) is 3.79. The second-order valence-corrected chi connectivity index (χ2v) is 3.79. The largest absolute Gasteiger partial charge is 0.435 e. The molecule has 1 fully saturated rings. The van der Waals surface area contributed by atoms with Crippen molar-refractivity contribution in [3.05, 3.63) is 23.5 Å². The van der Waals surface area contributed by atoms with Crippen molar-refractivity contribution < 1.29 is 13.2 Å². The Labute approximate surface area is 84.5 Å². The molecule has 82 valence electrons. The summed E-state index contributed by atoms with van der Waals surface area (Å²) in [5, 5.41) is 6.77. The van der Waals surface area contributed by atoms with Crippen LogP contribution in [0.2, 0.25) is 0 Å². The minimum absolute atomic E-state index is 0.211. The van der Waals surface area contributed by atoms with Crippen LogP contribution in [0.3, 0.4) is 0 Å². The first kappa shape index (κ1) is 10.4. The topological polar surface area (TPSA) is 51.8 Å². The smallest absolute Gasteiger partial charge is 0.330 e. The van der Waals surface area contributed by atoms with Crippen molar-refractivity contribution in [1.29, 1.82) is 0 Å². The highest BCUT2D eigenvalue weighted by Crippen LogP contribution is 2.46. The normalized spacial score (nSPS) is 18.9. The van der Waals surface area contributed by atoms with Gasteiger partial charge >= 0.3 is 6.18 Å². The van der Waals surface area contributed by atoms with Gasteiger partial charge in [0, 0.05) is 12.0 Å². The van der Waals surface area contributed by atoms with Crippen LogP contribution in [0, 0.1) is 0 Å². The average Bonchev–Trinajstić information content (AvgIpc) is 2.97. The monoisotopic (exact) mass is 217 g/mol. The Bertz CT molecular complexity index is 354. The molecule has 1 saturated carbocycles. The molecular formula is C9H10F3N3. The molecule has 1 aliphatic carbocycles. The van der Waals surface area contributed by atoms with E-state index in [1.165, 1.54) is 6.07 Å². The Morgan fingerprint density at radius 1 is 1.27 bits per heavy atom. The number of aromatic nitrogens is 2. The summed E-state index contributed by atoms with van der Waals surface area (Å²) < 4.78 is 36.6. The lowest BCUT2D eigenvalue weighted by molar-refractivity contribution is -0.141. The maximum Gasteiger partial charge on any atom is 0.435 e. The number of nitrogens with zero attached hydrogens (tertiary/aromatic N) is 2. The summed E-state index contributed by atoms with van der Waals surface area (Å²) in [5.74, 6) is 0. The number of alkyl halides is 3. The summed E-state index contributed by atoms with van der Waals surface area (Å²) in [4.78, 5) is 0. The fourth-order valence-electron chi connectivity index (χ4n) is 1.48. The molecule has 1 aromatic heterocycles. The van der Waals surface area contributed by atoms with Crippen LogP contribution < -0.4 is 5.73 Å². The van der Waals surface area contributed by atoms with E-state index in [1.807, 2.05) is 0 Å². The van der Waals surface area contributed by atoms with Gasteiger partial charge in [0.15, 0.2) is 5.69 Å². The van der Waals surface area contributed by atoms with E-state index < -0.39 is 11.9 Å². The summed E-state index contributed by atoms with van der Waals surface area (Å²) in [6.45, 7) is 0.410. The van der Waals surface area contributed by atoms with Gasteiger partial charge in [-0.2, -0.15) is 18.3 Å². The molecule has 0 saturated heterocycles. The predicted octanol–water partition coefficient (Wildman–Crippen LogP) is 1.49. The molecule has 0 atom stereocenters. The lowest BCUT2D eigenvalue weighted by atomic mass is 10.0. The van der Waals surface area contributed by atoms with Gasteiger partial charge in [0.25, 0.3) is 0 Å². The Morgan fingerprint density at radius 2 is 1.93 bits per heavy atom. The summed E-state index contributed by atoms with van der Waals surface area (Å²) in [6, 6.07) is 2.33. The van der Waals surface area contributed by atoms with Crippen LogP contribution in [-0.2, 0) is 11.6 Å². The minimum atomic E-state index is -4.43. The van der Waals surface area contributed by atoms with Gasteiger partial charge in [0.1, 0.15) is 0 Å². The van der Waals surface area contributed by atoms with Crippen LogP contribution >= 0.6 is 0 Å². The SMILES string of the molecule is NCC1(c2ccc(C(F)(F)F)nn2)CC1. The first-order valence-electron chi connectivity index (χ1n) is 4.59. The van der Waals surface area contributed by atoms with Crippen molar-refractivity contribution in [2.24, 2.45) is 5.73 Å². The minimum Gasteiger partial charge on any atom is -0.330 e. The van der Waals surface area contributed by atoms with E-state index in [9.17, 15) is 13.2 Å². The molecule has 0 unspecified atom stereocenters. The molecule has 0 aromatic carbocycles. The quantitative estimate of drug-likeness (QED) is 0.816. The Kier molecular flexibility index (Phi) is 2.18. The molecule has 3 nitrogen and oxygen atoms in total. The average molecular weight is 217 g/mol. The van der Waals surface area contributed by atoms with Gasteiger partial charge in [-0.1, -0.05) is 0 Å². The molecule has 0 amide bonds. The van der Waals surface area contributed by atoms with E-state index in [4.69, 9.17) is 5.73 Å². The van der Waals surface area contributed by atoms with Crippen molar-refractivity contribution in [1.82, 2.24) is 10.2 Å². The summed E-state index contributed by atoms with van der Waals surface area (Å²) >= 11 is 0. The summed E-state index contributed by atoms with van der Waals surface area (Å²) in [7, 11) is 0. The Balaban J connectivity index is 2.25. The highest BCUT2D eigenvalue weighted by Gasteiger charge is 2.45. The van der Waals surface area contributed by atoms with Gasteiger partial charge in [-0.05, 0) is 25.0 Å². The zero-order chi connectivity index (χ0) is 11.1. The first-order chi connectivity index (χ1) is 6.98. The van der Waals surface area contributed by atoms with E-state index in [0.717, 1.165) is 18.9 Å². The number of hydrogen-bond donors (Lipinski definition) is 1. The fraction of sp³-hybridized carbons (Fsp3) is 0.556. The molecule has 6 heteroatoms. The first-order valence-corrected chi connectivity index (χ1v) is 4.59. The standard InChI is InChI=1S/C9H10F3N3/c10-9(11,12)7-2-1-6(14-15-7)8(5-13)3-4-8/h1-2H,3-5,13H2. The molecular weight excluding hydrogens is 207 g/mol. The van der Waals surface area contributed by atoms with Crippen LogP contribution in [-0.4, -0.2) is 16.7 Å². The van der Waals surface area contributed by atoms with E-state index >= 15 is 0 Å². The molecule has 2 rings (SSSR count). The molecule has 1 aromatic rings. The molecule has 2 N–H and O–H groups in total. The van der Waals surface area contributed by atoms with Crippen LogP contribution in [0.4, 0.5) is 13.2 Å². The Hall–Kier alpha value is -1.17. The van der Waals surface area contributed by atoms with Crippen molar-refractivity contribution in [3.63, 3.8) is 0 Å². The van der Waals surface area contributed by atoms with Crippen LogP contribution in [0.15, 0.2) is 12.1 Å². The molecule has 1 aliphatic rings. The van der Waals surface area contributed by atoms with E-state index in [0.29, 0.717) is 12.2 Å². The zero-order valence-corrected chi connectivity index (χ0v) is 7.88. The molecule has 1 heterocycles. The van der Waals surface area contributed by atoms with Gasteiger partial charge in [-0.15, -0.1) is 5.10 Å². The van der Waals surface area contributed by atoms with Crippen molar-refractivity contribution in [3.8, 4) is 0 Å². The lowest BCUT2D eigenvalue weighted by Crippen LogP contribution is -2.22. The van der Waals surface area contributed by atoms with Crippen molar-refractivity contribution in [2.75, 3.05) is 6.54 Å². The van der Waals surface area contributed by atoms with Gasteiger partial charge < -0.3 is 5.73 Å². The lowest BCUT2D eigenvalue weighted by Gasteiger charge is -2.11. The van der Waals surface area contributed by atoms with E-state index in [-0.39, 0.29) is 5.41 Å². The molecule has 0 spiro atoms. The van der Waals surface area contributed by atoms with Crippen molar-refractivity contribution >= 4 is 0 Å². The number of rotatable bonds is 2. The molecule has 0 radical (unpaired) electrons. The molecule has 0 bridgehead atoms. The third-order valence-electron chi connectivity index (χ3n) is 2.74. The number of halogens is 3. The van der Waals surface area contributed by atoms with Gasteiger partial charge in [-0.3, -0.25) is 0 Å². The summed E-state index contributed by atoms with van der Waals surface area (Å²) in [5.41, 5.74) is 4.93. The van der Waals surface area contributed by atoms with Crippen LogP contribution in [0.25, 0.3) is 0 Å². The third kappa shape index (κ3) is 1.81. The third-order valence-corrected chi connectivity index (χ3v) is 2.74. The zero-order valence-electron chi connectivity index (χ0n) is 7.88. The van der Waals surface area contributed by atoms with Crippen molar-refractivity contribution in [2.45, 2.75) is 24.4 Å².